The zero-order valence-electron chi connectivity index (χ0n) is 23.1. The molecule has 0 aliphatic heterocycles. The molecule has 0 aromatic heterocycles. The first-order chi connectivity index (χ1) is 17.8. The van der Waals surface area contributed by atoms with Crippen LogP contribution in [0, 0.1) is 0 Å². The second-order valence-corrected chi connectivity index (χ2v) is 9.69. The Bertz CT molecular complexity index is 1010. The number of benzene rings is 2. The van der Waals surface area contributed by atoms with Gasteiger partial charge < -0.3 is 9.84 Å². The number of carbonyl (C=O) groups excluding carboxylic acids is 1. The number of aryl methyl sites for hydroxylation is 2. The van der Waals surface area contributed by atoms with Crippen LogP contribution in [0.4, 0.5) is 0 Å². The van der Waals surface area contributed by atoms with Gasteiger partial charge in [0.05, 0.1) is 18.8 Å². The van der Waals surface area contributed by atoms with Gasteiger partial charge >= 0.3 is 5.97 Å². The van der Waals surface area contributed by atoms with Crippen molar-refractivity contribution in [1.29, 1.82) is 0 Å². The molecule has 1 N–H and O–H groups in total. The largest absolute Gasteiger partial charge is 0.462 e. The van der Waals surface area contributed by atoms with Crippen molar-refractivity contribution in [2.75, 3.05) is 13.2 Å². The molecule has 0 saturated carbocycles. The van der Waals surface area contributed by atoms with Crippen LogP contribution in [0.2, 0.25) is 0 Å². The Morgan fingerprint density at radius 2 is 1.70 bits per heavy atom. The Morgan fingerprint density at radius 1 is 1.00 bits per heavy atom. The van der Waals surface area contributed by atoms with Gasteiger partial charge in [0, 0.05) is 12.8 Å². The van der Waals surface area contributed by atoms with Crippen LogP contribution < -0.4 is 0 Å². The lowest BCUT2D eigenvalue weighted by molar-refractivity contribution is -0.342. The minimum Gasteiger partial charge on any atom is -0.462 e. The number of unbranched alkanes of at least 4 members (excludes halogenated alkanes) is 2. The highest BCUT2D eigenvalue weighted by molar-refractivity contribution is 5.87. The Kier molecular flexibility index (Phi) is 13.3. The van der Waals surface area contributed by atoms with Crippen LogP contribution in [0.15, 0.2) is 66.8 Å². The van der Waals surface area contributed by atoms with Crippen LogP contribution in [-0.2, 0) is 38.6 Å². The lowest BCUT2D eigenvalue weighted by Crippen LogP contribution is -2.23. The molecule has 0 amide bonds. The first kappa shape index (κ1) is 30.5. The number of hydrogen-bond acceptors (Lipinski definition) is 5. The fourth-order valence-corrected chi connectivity index (χ4v) is 3.92. The third-order valence-electron chi connectivity index (χ3n) is 6.53. The summed E-state index contributed by atoms with van der Waals surface area (Å²) in [5.41, 5.74) is 7.15. The predicted molar refractivity (Wildman–Crippen MR) is 150 cm³/mol. The van der Waals surface area contributed by atoms with Crippen molar-refractivity contribution < 1.29 is 24.4 Å². The van der Waals surface area contributed by atoms with Crippen molar-refractivity contribution in [2.45, 2.75) is 84.8 Å². The second-order valence-electron chi connectivity index (χ2n) is 9.69. The molecule has 0 radical (unpaired) electrons. The van der Waals surface area contributed by atoms with Crippen LogP contribution >= 0.6 is 0 Å². The van der Waals surface area contributed by atoms with Gasteiger partial charge in [0.25, 0.3) is 0 Å². The predicted octanol–water partition coefficient (Wildman–Crippen LogP) is 6.95. The van der Waals surface area contributed by atoms with E-state index < -0.39 is 12.6 Å². The van der Waals surface area contributed by atoms with E-state index >= 15 is 0 Å². The Morgan fingerprint density at radius 3 is 2.32 bits per heavy atom. The molecule has 2 atom stereocenters. The molecule has 0 saturated heterocycles. The van der Waals surface area contributed by atoms with Gasteiger partial charge in [0.2, 0.25) is 0 Å². The summed E-state index contributed by atoms with van der Waals surface area (Å²) < 4.78 is 5.23. The topological polar surface area (TPSA) is 65.0 Å². The van der Waals surface area contributed by atoms with Crippen molar-refractivity contribution in [2.24, 2.45) is 0 Å². The maximum absolute atomic E-state index is 11.8. The normalized spacial score (nSPS) is 12.7. The van der Waals surface area contributed by atoms with Crippen LogP contribution in [0.1, 0.15) is 70.1 Å². The molecule has 5 nitrogen and oxygen atoms in total. The summed E-state index contributed by atoms with van der Waals surface area (Å²) in [4.78, 5) is 23.2. The van der Waals surface area contributed by atoms with Gasteiger partial charge in [-0.05, 0) is 66.5 Å². The van der Waals surface area contributed by atoms with Gasteiger partial charge in [-0.1, -0.05) is 82.3 Å². The average Bonchev–Trinajstić information content (AvgIpc) is 2.91. The van der Waals surface area contributed by atoms with Crippen LogP contribution in [0.25, 0.3) is 11.1 Å². The monoisotopic (exact) mass is 508 g/mol. The summed E-state index contributed by atoms with van der Waals surface area (Å²) in [7, 11) is 0. The number of carbonyl (C=O) groups is 1. The minimum atomic E-state index is -0.605. The lowest BCUT2D eigenvalue weighted by atomic mass is 9.93. The number of hydrogen-bond donors (Lipinski definition) is 1. The quantitative estimate of drug-likeness (QED) is 0.0625. The van der Waals surface area contributed by atoms with Crippen molar-refractivity contribution in [3.05, 3.63) is 83.5 Å². The molecule has 2 unspecified atom stereocenters. The van der Waals surface area contributed by atoms with E-state index in [0.29, 0.717) is 12.8 Å². The average molecular weight is 509 g/mol. The lowest BCUT2D eigenvalue weighted by Gasteiger charge is -2.21. The van der Waals surface area contributed by atoms with Crippen LogP contribution in [0.5, 0.6) is 0 Å². The highest BCUT2D eigenvalue weighted by Crippen LogP contribution is 2.27. The SMILES string of the molecule is C=C(CO)C(=O)OCCC(Cc1ccc(-c2ccc(CCCCC)cc2)c(CC)c1)OOC(C)C(=C)C. The summed E-state index contributed by atoms with van der Waals surface area (Å²) in [6, 6.07) is 15.5. The van der Waals surface area contributed by atoms with Crippen LogP contribution in [-0.4, -0.2) is 36.5 Å². The van der Waals surface area contributed by atoms with E-state index in [1.165, 1.54) is 41.5 Å². The van der Waals surface area contributed by atoms with Gasteiger partial charge in [-0.25, -0.2) is 14.6 Å². The van der Waals surface area contributed by atoms with Gasteiger partial charge in [-0.2, -0.15) is 0 Å². The summed E-state index contributed by atoms with van der Waals surface area (Å²) in [5.74, 6) is -0.605. The maximum atomic E-state index is 11.8. The van der Waals surface area contributed by atoms with Crippen LogP contribution in [0.3, 0.4) is 0 Å². The number of aliphatic hydroxyl groups excluding tert-OH is 1. The maximum Gasteiger partial charge on any atom is 0.335 e. The molecular formula is C32H44O5. The molecule has 5 heteroatoms. The Labute approximate surface area is 223 Å². The van der Waals surface area contributed by atoms with Gasteiger partial charge in [-0.15, -0.1) is 0 Å². The third-order valence-corrected chi connectivity index (χ3v) is 6.53. The molecular weight excluding hydrogens is 464 g/mol. The zero-order valence-corrected chi connectivity index (χ0v) is 23.1. The molecule has 0 aliphatic rings. The van der Waals surface area contributed by atoms with Gasteiger partial charge in [0.1, 0.15) is 12.2 Å². The standard InChI is InChI=1S/C32H44O5/c1-7-9-10-11-26-12-15-29(16-13-26)31-17-14-27(20-28(31)8-2)21-30(37-36-25(6)23(3)4)18-19-35-32(34)24(5)22-33/h12-17,20,25,30,33H,3,5,7-11,18-19,21-22H2,1-2,4,6H3. The van der Waals surface area contributed by atoms with Crippen molar-refractivity contribution in [3.63, 3.8) is 0 Å². The molecule has 0 bridgehead atoms. The fraction of sp³-hybridized carbons (Fsp3) is 0.469. The molecule has 2 rings (SSSR count). The molecule has 2 aromatic carbocycles. The summed E-state index contributed by atoms with van der Waals surface area (Å²) >= 11 is 0. The first-order valence-corrected chi connectivity index (χ1v) is 13.4. The van der Waals surface area contributed by atoms with E-state index in [9.17, 15) is 4.79 Å². The van der Waals surface area contributed by atoms with Gasteiger partial charge in [-0.3, -0.25) is 0 Å². The zero-order chi connectivity index (χ0) is 27.2. The Hall–Kier alpha value is -2.73. The molecule has 37 heavy (non-hydrogen) atoms. The molecule has 0 spiro atoms. The number of aliphatic hydroxyl groups is 1. The summed E-state index contributed by atoms with van der Waals surface area (Å²) in [6.07, 6.45) is 6.25. The van der Waals surface area contributed by atoms with Crippen molar-refractivity contribution >= 4 is 5.97 Å². The molecule has 0 heterocycles. The van der Waals surface area contributed by atoms with E-state index in [2.05, 4.69) is 69.5 Å². The van der Waals surface area contributed by atoms with Crippen molar-refractivity contribution in [3.8, 4) is 11.1 Å². The second kappa shape index (κ2) is 16.2. The third kappa shape index (κ3) is 10.3. The number of ether oxygens (including phenoxy) is 1. The van der Waals surface area contributed by atoms with Crippen molar-refractivity contribution in [1.82, 2.24) is 0 Å². The minimum absolute atomic E-state index is 0.0294. The van der Waals surface area contributed by atoms with E-state index in [-0.39, 0.29) is 24.4 Å². The van der Waals surface area contributed by atoms with E-state index in [1.807, 2.05) is 13.8 Å². The van der Waals surface area contributed by atoms with E-state index in [1.54, 1.807) is 0 Å². The number of esters is 1. The van der Waals surface area contributed by atoms with E-state index in [4.69, 9.17) is 19.6 Å². The number of rotatable bonds is 17. The molecule has 202 valence electrons. The molecule has 2 aromatic rings. The highest BCUT2D eigenvalue weighted by Gasteiger charge is 2.17. The van der Waals surface area contributed by atoms with Gasteiger partial charge in [0.15, 0.2) is 0 Å². The smallest absolute Gasteiger partial charge is 0.335 e. The Balaban J connectivity index is 2.12. The molecule has 0 fully saturated rings. The highest BCUT2D eigenvalue weighted by atomic mass is 17.2. The summed E-state index contributed by atoms with van der Waals surface area (Å²) in [6.45, 7) is 15.3. The fourth-order valence-electron chi connectivity index (χ4n) is 3.92. The summed E-state index contributed by atoms with van der Waals surface area (Å²) in [5, 5.41) is 9.06. The first-order valence-electron chi connectivity index (χ1n) is 13.4. The molecule has 0 aliphatic carbocycles. The van der Waals surface area contributed by atoms with E-state index in [0.717, 1.165) is 24.0 Å².